The van der Waals surface area contributed by atoms with Crippen LogP contribution in [0, 0.1) is 19.3 Å². The van der Waals surface area contributed by atoms with E-state index in [1.54, 1.807) is 13.8 Å². The zero-order valence-electron chi connectivity index (χ0n) is 15.4. The Bertz CT molecular complexity index is 600. The number of rotatable bonds is 4. The van der Waals surface area contributed by atoms with Crippen LogP contribution in [0.25, 0.3) is 0 Å². The average Bonchev–Trinajstić information content (AvgIpc) is 2.80. The Kier molecular flexibility index (Phi) is 6.03. The zero-order valence-corrected chi connectivity index (χ0v) is 15.4. The Morgan fingerprint density at radius 1 is 1.00 bits per heavy atom. The van der Waals surface area contributed by atoms with Crippen LogP contribution in [0.15, 0.2) is 18.2 Å². The normalized spacial score (nSPS) is 16.3. The van der Waals surface area contributed by atoms with E-state index in [9.17, 15) is 9.59 Å². The van der Waals surface area contributed by atoms with Gasteiger partial charge in [-0.05, 0) is 57.7 Å². The summed E-state index contributed by atoms with van der Waals surface area (Å²) in [4.78, 5) is 25.3. The molecule has 0 radical (unpaired) electrons. The Labute approximate surface area is 145 Å². The number of benzene rings is 1. The fourth-order valence-corrected chi connectivity index (χ4v) is 3.06. The van der Waals surface area contributed by atoms with Gasteiger partial charge in [-0.15, -0.1) is 0 Å². The second-order valence-corrected chi connectivity index (χ2v) is 7.49. The highest BCUT2D eigenvalue weighted by Gasteiger charge is 2.37. The topological polar surface area (TPSA) is 58.2 Å². The van der Waals surface area contributed by atoms with Gasteiger partial charge in [0.2, 0.25) is 11.8 Å². The first-order valence-electron chi connectivity index (χ1n) is 9.01. The highest BCUT2D eigenvalue weighted by Crippen LogP contribution is 2.24. The molecule has 4 nitrogen and oxygen atoms in total. The van der Waals surface area contributed by atoms with Crippen LogP contribution in [-0.4, -0.2) is 17.9 Å². The van der Waals surface area contributed by atoms with E-state index < -0.39 is 5.41 Å². The van der Waals surface area contributed by atoms with Gasteiger partial charge < -0.3 is 10.6 Å². The number of carbonyl (C=O) groups is 2. The number of carbonyl (C=O) groups excluding carboxylic acids is 2. The Morgan fingerprint density at radius 2 is 1.62 bits per heavy atom. The highest BCUT2D eigenvalue weighted by molar-refractivity contribution is 6.10. The number of anilines is 1. The van der Waals surface area contributed by atoms with E-state index in [2.05, 4.69) is 10.6 Å². The molecule has 1 aromatic rings. The number of hydrogen-bond donors (Lipinski definition) is 2. The molecule has 1 aliphatic rings. The SMILES string of the molecule is Cc1cccc(NC(=O)C(C)(C)C(=O)NC2CCCCCC2)c1C. The summed E-state index contributed by atoms with van der Waals surface area (Å²) in [7, 11) is 0. The maximum Gasteiger partial charge on any atom is 0.239 e. The molecule has 2 N–H and O–H groups in total. The first-order valence-corrected chi connectivity index (χ1v) is 9.01. The molecule has 0 saturated heterocycles. The lowest BCUT2D eigenvalue weighted by molar-refractivity contribution is -0.138. The molecule has 1 fully saturated rings. The van der Waals surface area contributed by atoms with Gasteiger partial charge in [0.25, 0.3) is 0 Å². The van der Waals surface area contributed by atoms with Crippen LogP contribution in [0.2, 0.25) is 0 Å². The van der Waals surface area contributed by atoms with Crippen molar-refractivity contribution in [1.29, 1.82) is 0 Å². The zero-order chi connectivity index (χ0) is 17.7. The molecule has 2 amide bonds. The Morgan fingerprint density at radius 3 is 2.25 bits per heavy atom. The molecular weight excluding hydrogens is 300 g/mol. The molecule has 4 heteroatoms. The van der Waals surface area contributed by atoms with Gasteiger partial charge in [-0.2, -0.15) is 0 Å². The summed E-state index contributed by atoms with van der Waals surface area (Å²) in [6.07, 6.45) is 6.81. The van der Waals surface area contributed by atoms with E-state index in [4.69, 9.17) is 0 Å². The van der Waals surface area contributed by atoms with Crippen molar-refractivity contribution in [3.8, 4) is 0 Å². The van der Waals surface area contributed by atoms with Crippen LogP contribution in [0.3, 0.4) is 0 Å². The molecule has 1 aromatic carbocycles. The number of amides is 2. The highest BCUT2D eigenvalue weighted by atomic mass is 16.2. The fourth-order valence-electron chi connectivity index (χ4n) is 3.06. The van der Waals surface area contributed by atoms with Gasteiger partial charge in [-0.3, -0.25) is 9.59 Å². The summed E-state index contributed by atoms with van der Waals surface area (Å²) in [6.45, 7) is 7.37. The molecule has 0 aromatic heterocycles. The molecule has 2 rings (SSSR count). The van der Waals surface area contributed by atoms with E-state index >= 15 is 0 Å². The van der Waals surface area contributed by atoms with Gasteiger partial charge in [0.05, 0.1) is 0 Å². The quantitative estimate of drug-likeness (QED) is 0.645. The summed E-state index contributed by atoms with van der Waals surface area (Å²) in [5.41, 5.74) is 1.83. The Balaban J connectivity index is 2.03. The third kappa shape index (κ3) is 4.37. The second kappa shape index (κ2) is 7.82. The van der Waals surface area contributed by atoms with Crippen LogP contribution >= 0.6 is 0 Å². The van der Waals surface area contributed by atoms with Gasteiger partial charge in [0, 0.05) is 11.7 Å². The molecule has 1 saturated carbocycles. The largest absolute Gasteiger partial charge is 0.352 e. The monoisotopic (exact) mass is 330 g/mol. The average molecular weight is 330 g/mol. The van der Waals surface area contributed by atoms with Crippen molar-refractivity contribution in [3.05, 3.63) is 29.3 Å². The van der Waals surface area contributed by atoms with Crippen molar-refractivity contribution in [2.24, 2.45) is 5.41 Å². The van der Waals surface area contributed by atoms with Gasteiger partial charge >= 0.3 is 0 Å². The van der Waals surface area contributed by atoms with E-state index in [0.29, 0.717) is 0 Å². The molecule has 0 atom stereocenters. The molecule has 24 heavy (non-hydrogen) atoms. The van der Waals surface area contributed by atoms with Crippen molar-refractivity contribution in [1.82, 2.24) is 5.32 Å². The molecule has 0 spiro atoms. The smallest absolute Gasteiger partial charge is 0.239 e. The number of aryl methyl sites for hydroxylation is 1. The van der Waals surface area contributed by atoms with Crippen molar-refractivity contribution >= 4 is 17.5 Å². The lowest BCUT2D eigenvalue weighted by atomic mass is 9.90. The third-order valence-corrected chi connectivity index (χ3v) is 5.18. The summed E-state index contributed by atoms with van der Waals surface area (Å²) in [5.74, 6) is -0.445. The second-order valence-electron chi connectivity index (χ2n) is 7.49. The molecule has 1 aliphatic carbocycles. The van der Waals surface area contributed by atoms with Gasteiger partial charge in [0.1, 0.15) is 5.41 Å². The van der Waals surface area contributed by atoms with Crippen molar-refractivity contribution in [2.45, 2.75) is 72.3 Å². The van der Waals surface area contributed by atoms with E-state index in [-0.39, 0.29) is 17.9 Å². The molecule has 0 bridgehead atoms. The van der Waals surface area contributed by atoms with Gasteiger partial charge in [-0.1, -0.05) is 37.8 Å². The summed E-state index contributed by atoms with van der Waals surface area (Å²) >= 11 is 0. The van der Waals surface area contributed by atoms with Crippen LogP contribution in [0.5, 0.6) is 0 Å². The van der Waals surface area contributed by atoms with Crippen LogP contribution in [-0.2, 0) is 9.59 Å². The van der Waals surface area contributed by atoms with Crippen molar-refractivity contribution in [3.63, 3.8) is 0 Å². The first kappa shape index (κ1) is 18.5. The Hall–Kier alpha value is -1.84. The minimum atomic E-state index is -1.09. The maximum absolute atomic E-state index is 12.7. The summed E-state index contributed by atoms with van der Waals surface area (Å²) in [6, 6.07) is 6.00. The lowest BCUT2D eigenvalue weighted by Crippen LogP contribution is -2.48. The fraction of sp³-hybridized carbons (Fsp3) is 0.600. The molecule has 132 valence electrons. The van der Waals surface area contributed by atoms with Gasteiger partial charge in [-0.25, -0.2) is 0 Å². The van der Waals surface area contributed by atoms with E-state index in [1.807, 2.05) is 32.0 Å². The minimum Gasteiger partial charge on any atom is -0.352 e. The van der Waals surface area contributed by atoms with Crippen LogP contribution in [0.1, 0.15) is 63.5 Å². The van der Waals surface area contributed by atoms with Gasteiger partial charge in [0.15, 0.2) is 0 Å². The number of hydrogen-bond acceptors (Lipinski definition) is 2. The third-order valence-electron chi connectivity index (χ3n) is 5.18. The van der Waals surface area contributed by atoms with E-state index in [0.717, 1.165) is 42.5 Å². The van der Waals surface area contributed by atoms with Crippen LogP contribution < -0.4 is 10.6 Å². The summed E-state index contributed by atoms with van der Waals surface area (Å²) in [5, 5.41) is 6.01. The number of nitrogens with one attached hydrogen (secondary N) is 2. The molecular formula is C20H30N2O2. The van der Waals surface area contributed by atoms with Crippen LogP contribution in [0.4, 0.5) is 5.69 Å². The minimum absolute atomic E-state index is 0.183. The molecule has 0 aliphatic heterocycles. The van der Waals surface area contributed by atoms with Crippen molar-refractivity contribution in [2.75, 3.05) is 5.32 Å². The lowest BCUT2D eigenvalue weighted by Gasteiger charge is -2.26. The maximum atomic E-state index is 12.7. The molecule has 0 heterocycles. The molecule has 0 unspecified atom stereocenters. The predicted octanol–water partition coefficient (Wildman–Crippen LogP) is 4.11. The first-order chi connectivity index (χ1) is 11.3. The van der Waals surface area contributed by atoms with Crippen molar-refractivity contribution < 1.29 is 9.59 Å². The van der Waals surface area contributed by atoms with E-state index in [1.165, 1.54) is 12.8 Å². The standard InChI is InChI=1S/C20H30N2O2/c1-14-10-9-13-17(15(14)2)22-19(24)20(3,4)18(23)21-16-11-7-5-6-8-12-16/h9-10,13,16H,5-8,11-12H2,1-4H3,(H,21,23)(H,22,24). The summed E-state index contributed by atoms with van der Waals surface area (Å²) < 4.78 is 0. The predicted molar refractivity (Wildman–Crippen MR) is 98.0 cm³/mol.